The molecule has 1 aliphatic rings. The molecule has 0 bridgehead atoms. The predicted molar refractivity (Wildman–Crippen MR) is 81.1 cm³/mol. The van der Waals surface area contributed by atoms with Gasteiger partial charge in [-0.3, -0.25) is 0 Å². The van der Waals surface area contributed by atoms with Crippen molar-refractivity contribution in [3.05, 3.63) is 41.3 Å². The second-order valence-corrected chi connectivity index (χ2v) is 5.96. The third-order valence-corrected chi connectivity index (χ3v) is 3.93. The maximum Gasteiger partial charge on any atom is 0.153 e. The average molecular weight is 299 g/mol. The lowest BCUT2D eigenvalue weighted by Gasteiger charge is -2.31. The van der Waals surface area contributed by atoms with Crippen molar-refractivity contribution in [3.63, 3.8) is 0 Å². The maximum atomic E-state index is 9.42. The zero-order chi connectivity index (χ0) is 15.9. The molecular weight excluding hydrogens is 282 g/mol. The van der Waals surface area contributed by atoms with Crippen LogP contribution in [0.1, 0.15) is 30.8 Å². The van der Waals surface area contributed by atoms with Crippen molar-refractivity contribution in [3.8, 4) is 5.82 Å². The molecule has 3 rings (SSSR count). The number of hydrogen-bond acceptors (Lipinski definition) is 6. The quantitative estimate of drug-likeness (QED) is 0.623. The van der Waals surface area contributed by atoms with Crippen molar-refractivity contribution >= 4 is 11.4 Å². The summed E-state index contributed by atoms with van der Waals surface area (Å²) in [6, 6.07) is 5.60. The van der Waals surface area contributed by atoms with Crippen LogP contribution < -0.4 is 0 Å². The smallest absolute Gasteiger partial charge is 0.153 e. The second kappa shape index (κ2) is 4.94. The Morgan fingerprint density at radius 1 is 1.23 bits per heavy atom. The fraction of sp³-hybridized carbons (Fsp3) is 0.333. The molecule has 7 nitrogen and oxygen atoms in total. The minimum absolute atomic E-state index is 0.258. The zero-order valence-corrected chi connectivity index (χ0v) is 12.6. The van der Waals surface area contributed by atoms with Gasteiger partial charge in [-0.15, -0.1) is 0 Å². The Hall–Kier alpha value is -2.70. The lowest BCUT2D eigenvalue weighted by molar-refractivity contribution is 0.304. The van der Waals surface area contributed by atoms with E-state index in [0.29, 0.717) is 29.2 Å². The summed E-state index contributed by atoms with van der Waals surface area (Å²) in [7, 11) is 0. The van der Waals surface area contributed by atoms with Gasteiger partial charge in [-0.1, -0.05) is 30.2 Å². The van der Waals surface area contributed by atoms with E-state index >= 15 is 0 Å². The molecule has 1 aliphatic carbocycles. The van der Waals surface area contributed by atoms with Gasteiger partial charge in [-0.2, -0.15) is 5.10 Å². The Morgan fingerprint density at radius 2 is 2.00 bits per heavy atom. The van der Waals surface area contributed by atoms with Gasteiger partial charge in [0.05, 0.1) is 17.0 Å². The molecule has 0 fully saturated rings. The summed E-state index contributed by atoms with van der Waals surface area (Å²) in [5.74, 6) is 0.698. The van der Waals surface area contributed by atoms with Crippen LogP contribution in [0.3, 0.4) is 0 Å². The molecule has 0 radical (unpaired) electrons. The SMILES string of the molecule is Cc1nn(-c2ccccn2)c2c1C(=N/O)/C(=N/O)C(C)(C)C2. The highest BCUT2D eigenvalue weighted by Gasteiger charge is 2.41. The number of pyridine rings is 1. The molecule has 0 aliphatic heterocycles. The van der Waals surface area contributed by atoms with Crippen molar-refractivity contribution < 1.29 is 10.4 Å². The maximum absolute atomic E-state index is 9.42. The van der Waals surface area contributed by atoms with Crippen LogP contribution in [0.25, 0.3) is 5.82 Å². The van der Waals surface area contributed by atoms with E-state index in [2.05, 4.69) is 20.4 Å². The third-order valence-electron chi connectivity index (χ3n) is 3.93. The van der Waals surface area contributed by atoms with Gasteiger partial charge in [-0.05, 0) is 19.1 Å². The predicted octanol–water partition coefficient (Wildman–Crippen LogP) is 2.17. The Bertz CT molecular complexity index is 775. The largest absolute Gasteiger partial charge is 0.411 e. The van der Waals surface area contributed by atoms with E-state index in [1.807, 2.05) is 39.0 Å². The Balaban J connectivity index is 2.28. The first-order chi connectivity index (χ1) is 10.5. The second-order valence-electron chi connectivity index (χ2n) is 5.96. The summed E-state index contributed by atoms with van der Waals surface area (Å²) in [5.41, 5.74) is 2.41. The van der Waals surface area contributed by atoms with Crippen LogP contribution in [-0.4, -0.2) is 36.6 Å². The standard InChI is InChI=1S/C15H17N5O2/c1-9-12-10(20(17-9)11-6-4-5-7-16-11)8-15(2,3)14(19-22)13(12)18-21/h4-7,21-22H,8H2,1-3H3/b18-13-,19-14-. The van der Waals surface area contributed by atoms with E-state index < -0.39 is 5.41 Å². The fourth-order valence-corrected chi connectivity index (χ4v) is 2.94. The van der Waals surface area contributed by atoms with Crippen molar-refractivity contribution in [1.82, 2.24) is 14.8 Å². The van der Waals surface area contributed by atoms with Gasteiger partial charge < -0.3 is 10.4 Å². The Kier molecular flexibility index (Phi) is 3.20. The number of hydrogen-bond donors (Lipinski definition) is 2. The first-order valence-corrected chi connectivity index (χ1v) is 6.95. The molecule has 2 aromatic heterocycles. The van der Waals surface area contributed by atoms with Gasteiger partial charge in [0.1, 0.15) is 11.4 Å². The first-order valence-electron chi connectivity index (χ1n) is 6.95. The third kappa shape index (κ3) is 1.97. The molecule has 7 heteroatoms. The molecule has 0 saturated heterocycles. The van der Waals surface area contributed by atoms with Crippen LogP contribution >= 0.6 is 0 Å². The van der Waals surface area contributed by atoms with Gasteiger partial charge in [0.25, 0.3) is 0 Å². The number of nitrogens with zero attached hydrogens (tertiary/aromatic N) is 5. The van der Waals surface area contributed by atoms with Crippen molar-refractivity contribution in [1.29, 1.82) is 0 Å². The van der Waals surface area contributed by atoms with Crippen LogP contribution in [0.4, 0.5) is 0 Å². The number of fused-ring (bicyclic) bond motifs is 1. The highest BCUT2D eigenvalue weighted by Crippen LogP contribution is 2.35. The minimum Gasteiger partial charge on any atom is -0.411 e. The average Bonchev–Trinajstić information content (AvgIpc) is 2.82. The number of aromatic nitrogens is 3. The molecule has 22 heavy (non-hydrogen) atoms. The van der Waals surface area contributed by atoms with E-state index in [9.17, 15) is 10.4 Å². The van der Waals surface area contributed by atoms with Gasteiger partial charge >= 0.3 is 0 Å². The van der Waals surface area contributed by atoms with Crippen molar-refractivity contribution in [2.45, 2.75) is 27.2 Å². The van der Waals surface area contributed by atoms with Crippen LogP contribution in [-0.2, 0) is 6.42 Å². The van der Waals surface area contributed by atoms with E-state index in [4.69, 9.17) is 0 Å². The van der Waals surface area contributed by atoms with Crippen LogP contribution in [0, 0.1) is 12.3 Å². The highest BCUT2D eigenvalue weighted by molar-refractivity contribution is 6.50. The van der Waals surface area contributed by atoms with Gasteiger partial charge in [0.15, 0.2) is 5.82 Å². The Labute approximate surface area is 127 Å². The van der Waals surface area contributed by atoms with Crippen LogP contribution in [0.5, 0.6) is 0 Å². The molecule has 2 heterocycles. The molecule has 0 atom stereocenters. The number of oxime groups is 2. The summed E-state index contributed by atoms with van der Waals surface area (Å²) < 4.78 is 1.76. The van der Waals surface area contributed by atoms with Gasteiger partial charge in [0, 0.05) is 18.0 Å². The first kappa shape index (κ1) is 14.2. The summed E-state index contributed by atoms with van der Waals surface area (Å²) in [5, 5.41) is 30.0. The summed E-state index contributed by atoms with van der Waals surface area (Å²) in [4.78, 5) is 4.33. The number of rotatable bonds is 1. The molecule has 2 aromatic rings. The zero-order valence-electron chi connectivity index (χ0n) is 12.6. The summed E-state index contributed by atoms with van der Waals surface area (Å²) >= 11 is 0. The minimum atomic E-state index is -0.484. The molecule has 0 spiro atoms. The molecule has 114 valence electrons. The molecule has 0 saturated carbocycles. The van der Waals surface area contributed by atoms with E-state index in [1.54, 1.807) is 10.9 Å². The van der Waals surface area contributed by atoms with Gasteiger partial charge in [-0.25, -0.2) is 9.67 Å². The number of aryl methyl sites for hydroxylation is 1. The highest BCUT2D eigenvalue weighted by atomic mass is 16.4. The van der Waals surface area contributed by atoms with E-state index in [-0.39, 0.29) is 5.71 Å². The topological polar surface area (TPSA) is 95.9 Å². The van der Waals surface area contributed by atoms with Crippen LogP contribution in [0.2, 0.25) is 0 Å². The van der Waals surface area contributed by atoms with Crippen LogP contribution in [0.15, 0.2) is 34.7 Å². The monoisotopic (exact) mass is 299 g/mol. The summed E-state index contributed by atoms with van der Waals surface area (Å²) in [6.45, 7) is 5.69. The lowest BCUT2D eigenvalue weighted by Crippen LogP contribution is -2.40. The molecule has 0 unspecified atom stereocenters. The molecule has 0 amide bonds. The molecule has 0 aromatic carbocycles. The summed E-state index contributed by atoms with van der Waals surface area (Å²) in [6.07, 6.45) is 2.30. The normalized spacial score (nSPS) is 20.3. The van der Waals surface area contributed by atoms with Gasteiger partial charge in [0.2, 0.25) is 0 Å². The van der Waals surface area contributed by atoms with Crippen molar-refractivity contribution in [2.24, 2.45) is 15.7 Å². The lowest BCUT2D eigenvalue weighted by atomic mass is 9.73. The van der Waals surface area contributed by atoms with Crippen molar-refractivity contribution in [2.75, 3.05) is 0 Å². The molecule has 2 N–H and O–H groups in total. The van der Waals surface area contributed by atoms with E-state index in [0.717, 1.165) is 5.69 Å². The van der Waals surface area contributed by atoms with E-state index in [1.165, 1.54) is 0 Å². The fourth-order valence-electron chi connectivity index (χ4n) is 2.94. The Morgan fingerprint density at radius 3 is 2.59 bits per heavy atom. The molecular formula is C15H17N5O2.